The Hall–Kier alpha value is -2.45. The minimum absolute atomic E-state index is 0.0703. The molecule has 1 amide bonds. The van der Waals surface area contributed by atoms with Crippen LogP contribution in [0.5, 0.6) is 5.75 Å². The maximum atomic E-state index is 13.4. The number of halogens is 1. The molecular weight excluding hydrogens is 395 g/mol. The fourth-order valence-electron chi connectivity index (χ4n) is 3.28. The molecule has 1 aliphatic carbocycles. The Labute approximate surface area is 169 Å². The maximum absolute atomic E-state index is 13.4. The largest absolute Gasteiger partial charge is 0.493 e. The number of hydrogen-bond acceptors (Lipinski definition) is 4. The van der Waals surface area contributed by atoms with Crippen molar-refractivity contribution in [1.29, 1.82) is 0 Å². The number of sulfonamides is 1. The highest BCUT2D eigenvalue weighted by molar-refractivity contribution is 7.89. The minimum atomic E-state index is -3.77. The van der Waals surface area contributed by atoms with Crippen molar-refractivity contribution in [2.45, 2.75) is 17.7 Å². The molecule has 2 fully saturated rings. The average Bonchev–Trinajstić information content (AvgIpc) is 3.57. The average molecular weight is 418 g/mol. The van der Waals surface area contributed by atoms with Crippen LogP contribution >= 0.6 is 0 Å². The van der Waals surface area contributed by atoms with Gasteiger partial charge in [-0.2, -0.15) is 4.31 Å². The van der Waals surface area contributed by atoms with Crippen molar-refractivity contribution < 1.29 is 22.3 Å². The van der Waals surface area contributed by atoms with Gasteiger partial charge in [-0.25, -0.2) is 12.8 Å². The number of rotatable bonds is 6. The van der Waals surface area contributed by atoms with Gasteiger partial charge in [0.1, 0.15) is 11.6 Å². The lowest BCUT2D eigenvalue weighted by atomic mass is 10.2. The molecule has 4 rings (SSSR count). The normalized spacial score (nSPS) is 17.9. The molecule has 1 saturated carbocycles. The molecule has 0 spiro atoms. The number of carbonyl (C=O) groups is 1. The number of hydrogen-bond donors (Lipinski definition) is 0. The molecule has 1 heterocycles. The number of benzene rings is 2. The molecule has 6 nitrogen and oxygen atoms in total. The van der Waals surface area contributed by atoms with Crippen LogP contribution < -0.4 is 4.74 Å². The van der Waals surface area contributed by atoms with E-state index < -0.39 is 15.8 Å². The van der Waals surface area contributed by atoms with E-state index in [4.69, 9.17) is 4.74 Å². The molecule has 2 aromatic carbocycles. The number of piperazine rings is 1. The van der Waals surface area contributed by atoms with Gasteiger partial charge in [0, 0.05) is 31.7 Å². The molecule has 0 aromatic heterocycles. The highest BCUT2D eigenvalue weighted by Crippen LogP contribution is 2.29. The van der Waals surface area contributed by atoms with Crippen LogP contribution in [0.2, 0.25) is 0 Å². The molecule has 29 heavy (non-hydrogen) atoms. The zero-order chi connectivity index (χ0) is 20.4. The third kappa shape index (κ3) is 4.59. The lowest BCUT2D eigenvalue weighted by Crippen LogP contribution is -2.50. The van der Waals surface area contributed by atoms with E-state index in [2.05, 4.69) is 0 Å². The second-order valence-corrected chi connectivity index (χ2v) is 9.37. The first-order valence-electron chi connectivity index (χ1n) is 9.71. The van der Waals surface area contributed by atoms with Crippen LogP contribution in [0.3, 0.4) is 0 Å². The molecule has 0 unspecified atom stereocenters. The van der Waals surface area contributed by atoms with Crippen LogP contribution in [0.1, 0.15) is 23.2 Å². The smallest absolute Gasteiger partial charge is 0.253 e. The lowest BCUT2D eigenvalue weighted by molar-refractivity contribution is 0.0698. The quantitative estimate of drug-likeness (QED) is 0.724. The molecular formula is C21H23FN2O4S. The van der Waals surface area contributed by atoms with Gasteiger partial charge in [0.2, 0.25) is 10.0 Å². The summed E-state index contributed by atoms with van der Waals surface area (Å²) in [7, 11) is -3.77. The second-order valence-electron chi connectivity index (χ2n) is 7.43. The van der Waals surface area contributed by atoms with Gasteiger partial charge in [0.25, 0.3) is 5.91 Å². The molecule has 1 saturated heterocycles. The fourth-order valence-corrected chi connectivity index (χ4v) is 4.74. The first-order valence-corrected chi connectivity index (χ1v) is 11.2. The number of ether oxygens (including phenoxy) is 1. The maximum Gasteiger partial charge on any atom is 0.253 e. The van der Waals surface area contributed by atoms with Crippen molar-refractivity contribution in [3.05, 3.63) is 59.9 Å². The van der Waals surface area contributed by atoms with Crippen molar-refractivity contribution in [2.75, 3.05) is 32.8 Å². The van der Waals surface area contributed by atoms with Gasteiger partial charge < -0.3 is 9.64 Å². The summed E-state index contributed by atoms with van der Waals surface area (Å²) >= 11 is 0. The molecule has 0 radical (unpaired) electrons. The summed E-state index contributed by atoms with van der Waals surface area (Å²) in [6, 6.07) is 12.0. The molecule has 0 N–H and O–H groups in total. The molecule has 154 valence electrons. The second kappa shape index (κ2) is 8.12. The summed E-state index contributed by atoms with van der Waals surface area (Å²) in [5.74, 6) is 0.682. The minimum Gasteiger partial charge on any atom is -0.493 e. The summed E-state index contributed by atoms with van der Waals surface area (Å²) < 4.78 is 45.7. The van der Waals surface area contributed by atoms with Gasteiger partial charge in [-0.05, 0) is 61.2 Å². The summed E-state index contributed by atoms with van der Waals surface area (Å²) in [4.78, 5) is 14.3. The van der Waals surface area contributed by atoms with Crippen molar-refractivity contribution in [3.8, 4) is 5.75 Å². The predicted molar refractivity (Wildman–Crippen MR) is 106 cm³/mol. The number of nitrogens with zero attached hydrogens (tertiary/aromatic N) is 2. The summed E-state index contributed by atoms with van der Waals surface area (Å²) in [6.07, 6.45) is 2.44. The van der Waals surface area contributed by atoms with Crippen LogP contribution in [0.15, 0.2) is 53.4 Å². The van der Waals surface area contributed by atoms with E-state index in [1.807, 2.05) is 0 Å². The summed E-state index contributed by atoms with van der Waals surface area (Å²) in [6.45, 7) is 1.63. The van der Waals surface area contributed by atoms with Gasteiger partial charge in [0.05, 0.1) is 11.5 Å². The third-order valence-electron chi connectivity index (χ3n) is 5.24. The van der Waals surface area contributed by atoms with Crippen molar-refractivity contribution in [1.82, 2.24) is 9.21 Å². The highest BCUT2D eigenvalue weighted by atomic mass is 32.2. The van der Waals surface area contributed by atoms with Crippen molar-refractivity contribution in [2.24, 2.45) is 5.92 Å². The predicted octanol–water partition coefficient (Wildman–Crippen LogP) is 2.76. The number of amides is 1. The van der Waals surface area contributed by atoms with Gasteiger partial charge >= 0.3 is 0 Å². The van der Waals surface area contributed by atoms with E-state index in [0.717, 1.165) is 18.4 Å². The Morgan fingerprint density at radius 1 is 1.03 bits per heavy atom. The molecule has 2 aliphatic rings. The lowest BCUT2D eigenvalue weighted by Gasteiger charge is -2.34. The van der Waals surface area contributed by atoms with Crippen LogP contribution in [0.4, 0.5) is 4.39 Å². The molecule has 1 aliphatic heterocycles. The Morgan fingerprint density at radius 2 is 1.72 bits per heavy atom. The van der Waals surface area contributed by atoms with Crippen molar-refractivity contribution >= 4 is 15.9 Å². The monoisotopic (exact) mass is 418 g/mol. The third-order valence-corrected chi connectivity index (χ3v) is 7.14. The van der Waals surface area contributed by atoms with E-state index >= 15 is 0 Å². The number of carbonyl (C=O) groups excluding carboxylic acids is 1. The van der Waals surface area contributed by atoms with Crippen LogP contribution in [0, 0.1) is 11.7 Å². The first-order chi connectivity index (χ1) is 13.9. The topological polar surface area (TPSA) is 66.9 Å². The standard InChI is InChI=1S/C21H23FN2O4S/c22-18-2-1-3-20(14-18)29(26,27)24-12-10-23(11-13-24)21(25)17-6-8-19(9-7-17)28-15-16-4-5-16/h1-3,6-9,14,16H,4-5,10-13,15H2. The Kier molecular flexibility index (Phi) is 5.56. The van der Waals surface area contributed by atoms with E-state index in [0.29, 0.717) is 11.5 Å². The zero-order valence-electron chi connectivity index (χ0n) is 16.0. The Balaban J connectivity index is 1.35. The Bertz CT molecular complexity index is 982. The van der Waals surface area contributed by atoms with E-state index in [9.17, 15) is 17.6 Å². The fraction of sp³-hybridized carbons (Fsp3) is 0.381. The van der Waals surface area contributed by atoms with Gasteiger partial charge in [-0.1, -0.05) is 6.07 Å². The molecule has 0 bridgehead atoms. The van der Waals surface area contributed by atoms with E-state index in [1.54, 1.807) is 29.2 Å². The summed E-state index contributed by atoms with van der Waals surface area (Å²) in [5.41, 5.74) is 0.546. The molecule has 2 aromatic rings. The van der Waals surface area contributed by atoms with Crippen molar-refractivity contribution in [3.63, 3.8) is 0 Å². The van der Waals surface area contributed by atoms with Crippen LogP contribution in [0.25, 0.3) is 0 Å². The Morgan fingerprint density at radius 3 is 2.34 bits per heavy atom. The summed E-state index contributed by atoms with van der Waals surface area (Å²) in [5, 5.41) is 0. The van der Waals surface area contributed by atoms with Crippen LogP contribution in [-0.2, 0) is 10.0 Å². The zero-order valence-corrected chi connectivity index (χ0v) is 16.8. The van der Waals surface area contributed by atoms with Crippen LogP contribution in [-0.4, -0.2) is 56.3 Å². The SMILES string of the molecule is O=C(c1ccc(OCC2CC2)cc1)N1CCN(S(=O)(=O)c2cccc(F)c2)CC1. The van der Waals surface area contributed by atoms with Gasteiger partial charge in [-0.3, -0.25) is 4.79 Å². The molecule has 0 atom stereocenters. The van der Waals surface area contributed by atoms with Gasteiger partial charge in [0.15, 0.2) is 0 Å². The highest BCUT2D eigenvalue weighted by Gasteiger charge is 2.30. The van der Waals surface area contributed by atoms with E-state index in [1.165, 1.54) is 35.3 Å². The molecule has 8 heteroatoms. The van der Waals surface area contributed by atoms with E-state index in [-0.39, 0.29) is 37.0 Å². The first kappa shape index (κ1) is 19.8. The van der Waals surface area contributed by atoms with Gasteiger partial charge in [-0.15, -0.1) is 0 Å².